The highest BCUT2D eigenvalue weighted by molar-refractivity contribution is 7.21. The summed E-state index contributed by atoms with van der Waals surface area (Å²) in [5.74, 6) is 0.719. The van der Waals surface area contributed by atoms with Gasteiger partial charge in [0.1, 0.15) is 5.01 Å². The maximum Gasteiger partial charge on any atom is 0.164 e. The Balaban J connectivity index is 1.12. The highest BCUT2D eigenvalue weighted by atomic mass is 32.1. The lowest BCUT2D eigenvalue weighted by Crippen LogP contribution is -2.01. The summed E-state index contributed by atoms with van der Waals surface area (Å²) in [7, 11) is 0. The van der Waals surface area contributed by atoms with Crippen LogP contribution in [0.1, 0.15) is 5.48 Å². The van der Waals surface area contributed by atoms with Gasteiger partial charge in [-0.2, -0.15) is 0 Å². The molecule has 0 aliphatic heterocycles. The van der Waals surface area contributed by atoms with Crippen LogP contribution in [-0.2, 0) is 0 Å². The van der Waals surface area contributed by atoms with E-state index in [0.717, 1.165) is 70.7 Å². The smallest absolute Gasteiger partial charge is 0.164 e. The molecule has 0 atom stereocenters. The van der Waals surface area contributed by atoms with Crippen molar-refractivity contribution in [1.82, 2.24) is 19.9 Å². The minimum absolute atomic E-state index is 0.0116. The number of hydrogen-bond acceptors (Lipinski definition) is 5. The van der Waals surface area contributed by atoms with Gasteiger partial charge in [-0.15, -0.1) is 11.3 Å². The van der Waals surface area contributed by atoms with Crippen molar-refractivity contribution in [2.75, 3.05) is 0 Å². The lowest BCUT2D eigenvalue weighted by Gasteiger charge is -2.14. The highest BCUT2D eigenvalue weighted by Crippen LogP contribution is 2.39. The van der Waals surface area contributed by atoms with Crippen LogP contribution in [-0.4, -0.2) is 19.9 Å². The summed E-state index contributed by atoms with van der Waals surface area (Å²) in [5.41, 5.74) is 8.64. The molecule has 276 valence electrons. The van der Waals surface area contributed by atoms with Crippen molar-refractivity contribution < 1.29 is 5.48 Å². The van der Waals surface area contributed by atoms with Crippen LogP contribution < -0.4 is 0 Å². The highest BCUT2D eigenvalue weighted by Gasteiger charge is 2.17. The molecule has 0 bridgehead atoms. The average molecular weight is 775 g/mol. The van der Waals surface area contributed by atoms with Gasteiger partial charge in [-0.3, -0.25) is 0 Å². The second-order valence-electron chi connectivity index (χ2n) is 14.3. The molecule has 11 aromatic rings. The number of hydrogen-bond donors (Lipinski definition) is 0. The number of fused-ring (bicyclic) bond motifs is 3. The van der Waals surface area contributed by atoms with E-state index in [-0.39, 0.29) is 41.1 Å². The largest absolute Gasteiger partial charge is 0.236 e. The van der Waals surface area contributed by atoms with E-state index in [9.17, 15) is 5.48 Å². The van der Waals surface area contributed by atoms with E-state index < -0.39 is 0 Å². The Bertz CT molecular complexity index is 3510. The van der Waals surface area contributed by atoms with Gasteiger partial charge >= 0.3 is 0 Å². The summed E-state index contributed by atoms with van der Waals surface area (Å²) in [4.78, 5) is 19.8. The van der Waals surface area contributed by atoms with E-state index in [1.54, 1.807) is 0 Å². The lowest BCUT2D eigenvalue weighted by molar-refractivity contribution is 1.07. The van der Waals surface area contributed by atoms with Gasteiger partial charge in [-0.05, 0) is 85.3 Å². The molecule has 2 heterocycles. The van der Waals surface area contributed by atoms with Gasteiger partial charge in [0, 0.05) is 22.3 Å². The van der Waals surface area contributed by atoms with E-state index in [2.05, 4.69) is 103 Å². The molecule has 0 aliphatic rings. The summed E-state index contributed by atoms with van der Waals surface area (Å²) in [6.07, 6.45) is 0. The molecule has 11 rings (SSSR count). The van der Waals surface area contributed by atoms with Crippen LogP contribution in [0.4, 0.5) is 0 Å². The van der Waals surface area contributed by atoms with Gasteiger partial charge in [-0.25, -0.2) is 19.9 Å². The SMILES string of the molecule is [2H]c1c([2H])c(-c2nc3ccccc3s2)c([2H])c([2H])c1-c1nc(-c2cccc(-c3ccc(-c4ccccc4)c4ccccc34)c2)nc(-c2cc(-c3ccccc3)c3ccccc3c2)n1. The maximum absolute atomic E-state index is 9.39. The third-order valence-electron chi connectivity index (χ3n) is 10.6. The Labute approximate surface area is 351 Å². The van der Waals surface area contributed by atoms with Gasteiger partial charge in [0.15, 0.2) is 17.5 Å². The predicted octanol–water partition coefficient (Wildman–Crippen LogP) is 14.5. The van der Waals surface area contributed by atoms with Crippen molar-refractivity contribution >= 4 is 43.1 Å². The Kier molecular flexibility index (Phi) is 7.62. The summed E-state index contributed by atoms with van der Waals surface area (Å²) in [5, 5.41) is 4.73. The molecule has 0 unspecified atom stereocenters. The molecule has 4 nitrogen and oxygen atoms in total. The van der Waals surface area contributed by atoms with Crippen LogP contribution in [0.25, 0.3) is 110 Å². The maximum atomic E-state index is 9.39. The van der Waals surface area contributed by atoms with E-state index in [1.807, 2.05) is 78.9 Å². The molecule has 0 amide bonds. The Morgan fingerprint density at radius 2 is 0.864 bits per heavy atom. The van der Waals surface area contributed by atoms with E-state index in [4.69, 9.17) is 19.9 Å². The number of para-hydroxylation sites is 1. The topological polar surface area (TPSA) is 51.6 Å². The lowest BCUT2D eigenvalue weighted by atomic mass is 9.91. The van der Waals surface area contributed by atoms with Gasteiger partial charge in [0.05, 0.1) is 15.7 Å². The van der Waals surface area contributed by atoms with Gasteiger partial charge < -0.3 is 0 Å². The molecule has 0 fully saturated rings. The molecule has 0 saturated heterocycles. The number of aromatic nitrogens is 4. The van der Waals surface area contributed by atoms with Crippen molar-refractivity contribution in [1.29, 1.82) is 0 Å². The molecule has 0 N–H and O–H groups in total. The van der Waals surface area contributed by atoms with Gasteiger partial charge in [0.25, 0.3) is 0 Å². The number of thiazole rings is 1. The first kappa shape index (κ1) is 30.5. The van der Waals surface area contributed by atoms with Crippen molar-refractivity contribution in [2.24, 2.45) is 0 Å². The average Bonchev–Trinajstić information content (AvgIpc) is 3.77. The van der Waals surface area contributed by atoms with Crippen LogP contribution in [0.2, 0.25) is 0 Å². The summed E-state index contributed by atoms with van der Waals surface area (Å²) < 4.78 is 38.2. The van der Waals surface area contributed by atoms with Crippen LogP contribution >= 0.6 is 11.3 Å². The molecular formula is C54H34N4S. The van der Waals surface area contributed by atoms with E-state index in [0.29, 0.717) is 22.2 Å². The van der Waals surface area contributed by atoms with Crippen LogP contribution in [0.3, 0.4) is 0 Å². The molecular weight excluding hydrogens is 737 g/mol. The van der Waals surface area contributed by atoms with Crippen molar-refractivity contribution in [2.45, 2.75) is 0 Å². The van der Waals surface area contributed by atoms with Crippen LogP contribution in [0.15, 0.2) is 206 Å². The monoisotopic (exact) mass is 774 g/mol. The first-order valence-electron chi connectivity index (χ1n) is 21.4. The van der Waals surface area contributed by atoms with Crippen molar-refractivity contribution in [3.63, 3.8) is 0 Å². The van der Waals surface area contributed by atoms with Crippen molar-refractivity contribution in [3.05, 3.63) is 206 Å². The third kappa shape index (κ3) is 6.54. The Hall–Kier alpha value is -7.60. The number of rotatable bonds is 7. The normalized spacial score (nSPS) is 12.3. The van der Waals surface area contributed by atoms with Crippen molar-refractivity contribution in [3.8, 4) is 78.1 Å². The zero-order valence-electron chi connectivity index (χ0n) is 35.5. The first-order chi connectivity index (χ1) is 30.9. The van der Waals surface area contributed by atoms with E-state index >= 15 is 0 Å². The Morgan fingerprint density at radius 3 is 1.58 bits per heavy atom. The first-order valence-corrected chi connectivity index (χ1v) is 20.2. The van der Waals surface area contributed by atoms with E-state index in [1.165, 1.54) is 11.3 Å². The van der Waals surface area contributed by atoms with Gasteiger partial charge in [-0.1, -0.05) is 176 Å². The quantitative estimate of drug-likeness (QED) is 0.162. The molecule has 0 spiro atoms. The fourth-order valence-electron chi connectivity index (χ4n) is 7.80. The van der Waals surface area contributed by atoms with Crippen LogP contribution in [0, 0.1) is 0 Å². The Morgan fingerprint density at radius 1 is 0.339 bits per heavy atom. The zero-order chi connectivity index (χ0) is 42.6. The zero-order valence-corrected chi connectivity index (χ0v) is 32.3. The molecule has 5 heteroatoms. The second kappa shape index (κ2) is 14.7. The summed E-state index contributed by atoms with van der Waals surface area (Å²) >= 11 is 1.34. The summed E-state index contributed by atoms with van der Waals surface area (Å²) in [6, 6.07) is 60.4. The molecule has 0 saturated carbocycles. The molecule has 0 aliphatic carbocycles. The molecule has 2 aromatic heterocycles. The summed E-state index contributed by atoms with van der Waals surface area (Å²) in [6.45, 7) is 0. The molecule has 59 heavy (non-hydrogen) atoms. The second-order valence-corrected chi connectivity index (χ2v) is 15.3. The minimum Gasteiger partial charge on any atom is -0.236 e. The molecule has 0 radical (unpaired) electrons. The minimum atomic E-state index is -0.254. The number of nitrogens with zero attached hydrogens (tertiary/aromatic N) is 4. The fourth-order valence-corrected chi connectivity index (χ4v) is 8.72. The number of benzene rings is 9. The third-order valence-corrected chi connectivity index (χ3v) is 11.7. The van der Waals surface area contributed by atoms with Crippen LogP contribution in [0.5, 0.6) is 0 Å². The van der Waals surface area contributed by atoms with Gasteiger partial charge in [0.2, 0.25) is 0 Å². The predicted molar refractivity (Wildman–Crippen MR) is 246 cm³/mol. The standard InChI is InChI=1S/C54H34N4S/c1-3-14-35(15-4-1)44-30-31-45(47-23-10-9-22-46(44)47)40-19-13-20-41(32-40)52-56-51(37-26-28-38(29-27-37)54-55-49-24-11-12-25-50(49)59-54)57-53(58-52)42-33-39-18-7-8-21-43(39)48(34-42)36-16-5-2-6-17-36/h1-34H/i26D,27D,28D,29D. The molecule has 9 aromatic carbocycles. The fraction of sp³-hybridized carbons (Fsp3) is 0.